The van der Waals surface area contributed by atoms with E-state index in [0.29, 0.717) is 36.1 Å². The third-order valence-electron chi connectivity index (χ3n) is 5.95. The van der Waals surface area contributed by atoms with Crippen LogP contribution in [-0.2, 0) is 6.54 Å². The molecule has 1 saturated heterocycles. The summed E-state index contributed by atoms with van der Waals surface area (Å²) < 4.78 is 11.1. The molecule has 0 amide bonds. The van der Waals surface area contributed by atoms with Crippen molar-refractivity contribution >= 4 is 11.5 Å². The Hall–Kier alpha value is -3.19. The largest absolute Gasteiger partial charge is 0.477 e. The van der Waals surface area contributed by atoms with Crippen LogP contribution in [0.3, 0.4) is 0 Å². The molecule has 7 heteroatoms. The molecule has 2 N–H and O–H groups in total. The minimum atomic E-state index is 0.0470. The maximum Gasteiger partial charge on any atom is 0.224 e. The summed E-state index contributed by atoms with van der Waals surface area (Å²) in [4.78, 5) is 19.3. The summed E-state index contributed by atoms with van der Waals surface area (Å²) in [5, 5.41) is 4.21. The number of benzene rings is 1. The van der Waals surface area contributed by atoms with Crippen molar-refractivity contribution in [1.82, 2.24) is 15.0 Å². The second-order valence-electron chi connectivity index (χ2n) is 8.28. The number of likely N-dealkylation sites (tertiary alicyclic amines) is 1. The van der Waals surface area contributed by atoms with E-state index in [9.17, 15) is 4.79 Å². The van der Waals surface area contributed by atoms with Gasteiger partial charge in [-0.05, 0) is 51.3 Å². The number of ether oxygens (including phenoxy) is 1. The van der Waals surface area contributed by atoms with Gasteiger partial charge in [0.05, 0.1) is 30.6 Å². The number of nitrogen functional groups attached to an aromatic ring is 1. The van der Waals surface area contributed by atoms with E-state index in [1.54, 1.807) is 6.07 Å². The zero-order valence-corrected chi connectivity index (χ0v) is 18.5. The number of hydrogen-bond acceptors (Lipinski definition) is 7. The molecular formula is C25H30N4O3. The Morgan fingerprint density at radius 1 is 1.22 bits per heavy atom. The van der Waals surface area contributed by atoms with Gasteiger partial charge in [0.15, 0.2) is 11.5 Å². The van der Waals surface area contributed by atoms with Crippen LogP contribution in [0.1, 0.15) is 48.7 Å². The Balaban J connectivity index is 1.25. The van der Waals surface area contributed by atoms with Crippen molar-refractivity contribution in [3.63, 3.8) is 0 Å². The second-order valence-corrected chi connectivity index (χ2v) is 8.28. The van der Waals surface area contributed by atoms with E-state index in [4.69, 9.17) is 15.0 Å². The molecule has 1 fully saturated rings. The Bertz CT molecular complexity index is 1030. The molecule has 0 unspecified atom stereocenters. The Morgan fingerprint density at radius 2 is 2.00 bits per heavy atom. The average Bonchev–Trinajstić information content (AvgIpc) is 3.29. The number of nitrogens with zero attached hydrogens (tertiary/aromatic N) is 3. The van der Waals surface area contributed by atoms with Gasteiger partial charge in [0.2, 0.25) is 5.88 Å². The second kappa shape index (κ2) is 10.4. The van der Waals surface area contributed by atoms with E-state index in [1.807, 2.05) is 43.3 Å². The predicted octanol–water partition coefficient (Wildman–Crippen LogP) is 4.59. The monoisotopic (exact) mass is 434 g/mol. The first-order valence-electron chi connectivity index (χ1n) is 11.3. The van der Waals surface area contributed by atoms with Gasteiger partial charge in [-0.2, -0.15) is 0 Å². The van der Waals surface area contributed by atoms with Crippen LogP contribution in [0.2, 0.25) is 0 Å². The molecule has 32 heavy (non-hydrogen) atoms. The summed E-state index contributed by atoms with van der Waals surface area (Å²) in [5.41, 5.74) is 8.73. The molecule has 1 aromatic carbocycles. The van der Waals surface area contributed by atoms with Crippen LogP contribution in [-0.4, -0.2) is 40.5 Å². The number of hydrogen-bond donors (Lipinski definition) is 1. The van der Waals surface area contributed by atoms with E-state index < -0.39 is 0 Å². The van der Waals surface area contributed by atoms with Crippen LogP contribution >= 0.6 is 0 Å². The summed E-state index contributed by atoms with van der Waals surface area (Å²) in [6.07, 6.45) is 5.02. The maximum absolute atomic E-state index is 12.8. The van der Waals surface area contributed by atoms with Crippen LogP contribution in [0.5, 0.6) is 5.88 Å². The molecule has 2 aromatic heterocycles. The number of pyridine rings is 1. The first-order valence-corrected chi connectivity index (χ1v) is 11.3. The third-order valence-corrected chi connectivity index (χ3v) is 5.95. The van der Waals surface area contributed by atoms with Gasteiger partial charge in [-0.1, -0.05) is 35.5 Å². The summed E-state index contributed by atoms with van der Waals surface area (Å²) in [7, 11) is 0. The number of anilines is 1. The lowest BCUT2D eigenvalue weighted by Crippen LogP contribution is -2.33. The zero-order chi connectivity index (χ0) is 22.3. The van der Waals surface area contributed by atoms with Gasteiger partial charge in [0, 0.05) is 18.1 Å². The zero-order valence-electron chi connectivity index (χ0n) is 18.5. The van der Waals surface area contributed by atoms with Crippen LogP contribution in [0.4, 0.5) is 5.69 Å². The molecule has 0 aliphatic carbocycles. The molecular weight excluding hydrogens is 404 g/mol. The molecule has 7 nitrogen and oxygen atoms in total. The minimum Gasteiger partial charge on any atom is -0.477 e. The summed E-state index contributed by atoms with van der Waals surface area (Å²) >= 11 is 0. The van der Waals surface area contributed by atoms with Crippen molar-refractivity contribution in [2.24, 2.45) is 5.92 Å². The highest BCUT2D eigenvalue weighted by atomic mass is 16.5. The van der Waals surface area contributed by atoms with Crippen molar-refractivity contribution in [1.29, 1.82) is 0 Å². The van der Waals surface area contributed by atoms with Crippen molar-refractivity contribution < 1.29 is 14.1 Å². The van der Waals surface area contributed by atoms with Crippen LogP contribution in [0.25, 0.3) is 11.3 Å². The fourth-order valence-corrected chi connectivity index (χ4v) is 4.18. The molecule has 0 saturated carbocycles. The smallest absolute Gasteiger partial charge is 0.224 e. The van der Waals surface area contributed by atoms with E-state index in [2.05, 4.69) is 15.0 Å². The normalized spacial score (nSPS) is 15.0. The van der Waals surface area contributed by atoms with Gasteiger partial charge >= 0.3 is 0 Å². The standard InChI is InChI=1S/C25H30N4O3/c1-2-31-25-22(14-20(26)16-27-25)24(30)9-8-18-10-12-29(13-11-18)17-21-15-23(28-32-21)19-6-4-3-5-7-19/h3-7,14-16,18H,2,8-13,17,26H2,1H3. The number of aromatic nitrogens is 2. The lowest BCUT2D eigenvalue weighted by molar-refractivity contribution is 0.0955. The highest BCUT2D eigenvalue weighted by Gasteiger charge is 2.22. The van der Waals surface area contributed by atoms with E-state index >= 15 is 0 Å². The number of carbonyl (C=O) groups is 1. The molecule has 3 heterocycles. The summed E-state index contributed by atoms with van der Waals surface area (Å²) in [6, 6.07) is 13.8. The molecule has 0 spiro atoms. The van der Waals surface area contributed by atoms with Crippen molar-refractivity contribution in [3.05, 3.63) is 60.0 Å². The molecule has 168 valence electrons. The highest BCUT2D eigenvalue weighted by Crippen LogP contribution is 2.27. The van der Waals surface area contributed by atoms with Crippen LogP contribution in [0.15, 0.2) is 53.2 Å². The Morgan fingerprint density at radius 3 is 2.75 bits per heavy atom. The molecule has 4 rings (SSSR count). The van der Waals surface area contributed by atoms with Crippen LogP contribution < -0.4 is 10.5 Å². The third kappa shape index (κ3) is 5.53. The van der Waals surface area contributed by atoms with Crippen molar-refractivity contribution in [3.8, 4) is 17.1 Å². The number of Topliss-reactive ketones (excluding diaryl/α,β-unsaturated/α-hetero) is 1. The van der Waals surface area contributed by atoms with Gasteiger partial charge < -0.3 is 15.0 Å². The lowest BCUT2D eigenvalue weighted by Gasteiger charge is -2.31. The molecule has 0 atom stereocenters. The summed E-state index contributed by atoms with van der Waals surface area (Å²) in [6.45, 7) is 5.09. The van der Waals surface area contributed by atoms with E-state index in [-0.39, 0.29) is 5.78 Å². The van der Waals surface area contributed by atoms with Gasteiger partial charge in [0.1, 0.15) is 5.69 Å². The highest BCUT2D eigenvalue weighted by molar-refractivity contribution is 5.98. The first-order chi connectivity index (χ1) is 15.6. The lowest BCUT2D eigenvalue weighted by atomic mass is 9.90. The van der Waals surface area contributed by atoms with Gasteiger partial charge in [-0.15, -0.1) is 0 Å². The molecule has 0 bridgehead atoms. The average molecular weight is 435 g/mol. The first kappa shape index (κ1) is 22.0. The Kier molecular flexibility index (Phi) is 7.17. The number of nitrogens with two attached hydrogens (primary N) is 1. The number of carbonyl (C=O) groups excluding carboxylic acids is 1. The quantitative estimate of drug-likeness (QED) is 0.492. The molecule has 1 aliphatic heterocycles. The van der Waals surface area contributed by atoms with Crippen molar-refractivity contribution in [2.75, 3.05) is 25.4 Å². The Labute approximate surface area is 188 Å². The molecule has 3 aromatic rings. The number of rotatable bonds is 9. The minimum absolute atomic E-state index is 0.0470. The predicted molar refractivity (Wildman–Crippen MR) is 123 cm³/mol. The fourth-order valence-electron chi connectivity index (χ4n) is 4.18. The SMILES string of the molecule is CCOc1ncc(N)cc1C(=O)CCC1CCN(Cc2cc(-c3ccccc3)no2)CC1. The number of ketones is 1. The van der Waals surface area contributed by atoms with Gasteiger partial charge in [0.25, 0.3) is 0 Å². The van der Waals surface area contributed by atoms with Gasteiger partial charge in [-0.25, -0.2) is 4.98 Å². The molecule has 0 radical (unpaired) electrons. The molecule has 1 aliphatic rings. The van der Waals surface area contributed by atoms with Gasteiger partial charge in [-0.3, -0.25) is 9.69 Å². The topological polar surface area (TPSA) is 94.5 Å². The maximum atomic E-state index is 12.8. The van der Waals surface area contributed by atoms with Crippen molar-refractivity contribution in [2.45, 2.75) is 39.2 Å². The fraction of sp³-hybridized carbons (Fsp3) is 0.400. The van der Waals surface area contributed by atoms with E-state index in [0.717, 1.165) is 55.9 Å². The van der Waals surface area contributed by atoms with Crippen LogP contribution in [0, 0.1) is 5.92 Å². The summed E-state index contributed by atoms with van der Waals surface area (Å²) in [5.74, 6) is 1.85. The number of piperidine rings is 1. The van der Waals surface area contributed by atoms with E-state index in [1.165, 1.54) is 6.20 Å².